The Morgan fingerprint density at radius 3 is 2.58 bits per heavy atom. The third-order valence-corrected chi connectivity index (χ3v) is 6.36. The molecule has 0 aliphatic carbocycles. The van der Waals surface area contributed by atoms with Crippen molar-refractivity contribution in [3.63, 3.8) is 0 Å². The molecule has 3 heterocycles. The lowest BCUT2D eigenvalue weighted by molar-refractivity contribution is 0.131. The Labute approximate surface area is 162 Å². The normalized spacial score (nSPS) is 17.5. The molecule has 0 amide bonds. The topological polar surface area (TPSA) is 68.4 Å². The molecule has 2 aromatic rings. The van der Waals surface area contributed by atoms with Crippen molar-refractivity contribution in [2.45, 2.75) is 39.2 Å². The van der Waals surface area contributed by atoms with Gasteiger partial charge in [0, 0.05) is 38.8 Å². The quantitative estimate of drug-likeness (QED) is 0.750. The molecule has 1 saturated heterocycles. The molecule has 26 heavy (non-hydrogen) atoms. The van der Waals surface area contributed by atoms with Crippen LogP contribution in [0, 0.1) is 5.92 Å². The fourth-order valence-electron chi connectivity index (χ4n) is 3.07. The van der Waals surface area contributed by atoms with Gasteiger partial charge in [-0.05, 0) is 61.0 Å². The maximum absolute atomic E-state index is 6.11. The molecule has 1 atom stereocenters. The molecule has 0 radical (unpaired) electrons. The highest BCUT2D eigenvalue weighted by molar-refractivity contribution is 7.97. The molecule has 142 valence electrons. The van der Waals surface area contributed by atoms with Gasteiger partial charge in [0.1, 0.15) is 6.10 Å². The maximum atomic E-state index is 6.11. The van der Waals surface area contributed by atoms with Crippen molar-refractivity contribution in [3.05, 3.63) is 22.8 Å². The van der Waals surface area contributed by atoms with Gasteiger partial charge in [-0.1, -0.05) is 6.92 Å². The molecular formula is C17H26N6OS2. The van der Waals surface area contributed by atoms with Gasteiger partial charge in [0.15, 0.2) is 0 Å². The van der Waals surface area contributed by atoms with Crippen LogP contribution in [-0.4, -0.2) is 51.7 Å². The Morgan fingerprint density at radius 1 is 1.35 bits per heavy atom. The standard InChI is InChI=1S/C17H26N6OS2/c1-5-13-10-19-15(20-11-13)22-8-6-14(7-9-22)12(2)24-17-21-23(25-4)16(18-3)26-17/h10-12,14H,5-9H2,1-4H3/t12-/m0/s1. The highest BCUT2D eigenvalue weighted by Crippen LogP contribution is 2.26. The third-order valence-electron chi connectivity index (χ3n) is 4.75. The molecule has 0 bridgehead atoms. The van der Waals surface area contributed by atoms with E-state index in [9.17, 15) is 0 Å². The lowest BCUT2D eigenvalue weighted by atomic mass is 9.92. The predicted molar refractivity (Wildman–Crippen MR) is 107 cm³/mol. The van der Waals surface area contributed by atoms with Crippen LogP contribution in [0.15, 0.2) is 17.4 Å². The first-order valence-electron chi connectivity index (χ1n) is 8.94. The van der Waals surface area contributed by atoms with Crippen LogP contribution in [0.3, 0.4) is 0 Å². The SMILES string of the molecule is CCc1cnc(N2CCC([C@H](C)Oc3nn(SC)c(=NC)s3)CC2)nc1. The number of piperidine rings is 1. The first kappa shape index (κ1) is 19.2. The second-order valence-electron chi connectivity index (χ2n) is 6.32. The highest BCUT2D eigenvalue weighted by atomic mass is 32.2. The summed E-state index contributed by atoms with van der Waals surface area (Å²) in [6.45, 7) is 6.18. The monoisotopic (exact) mass is 394 g/mol. The Balaban J connectivity index is 1.56. The average Bonchev–Trinajstić information content (AvgIpc) is 3.10. The van der Waals surface area contributed by atoms with Crippen molar-refractivity contribution < 1.29 is 4.74 Å². The summed E-state index contributed by atoms with van der Waals surface area (Å²) >= 11 is 3.01. The maximum Gasteiger partial charge on any atom is 0.295 e. The molecule has 0 N–H and O–H groups in total. The number of aryl methyl sites for hydroxylation is 1. The molecule has 1 fully saturated rings. The van der Waals surface area contributed by atoms with Crippen LogP contribution >= 0.6 is 23.3 Å². The van der Waals surface area contributed by atoms with Crippen molar-refractivity contribution in [1.29, 1.82) is 0 Å². The van der Waals surface area contributed by atoms with Crippen LogP contribution < -0.4 is 14.4 Å². The van der Waals surface area contributed by atoms with Crippen molar-refractivity contribution in [2.24, 2.45) is 10.9 Å². The van der Waals surface area contributed by atoms with Gasteiger partial charge in [-0.2, -0.15) is 4.09 Å². The Morgan fingerprint density at radius 2 is 2.04 bits per heavy atom. The molecule has 7 nitrogen and oxygen atoms in total. The highest BCUT2D eigenvalue weighted by Gasteiger charge is 2.27. The van der Waals surface area contributed by atoms with Gasteiger partial charge in [0.05, 0.1) is 0 Å². The number of ether oxygens (including phenoxy) is 1. The van der Waals surface area contributed by atoms with E-state index in [0.717, 1.165) is 43.1 Å². The van der Waals surface area contributed by atoms with Crippen molar-refractivity contribution in [2.75, 3.05) is 31.3 Å². The van der Waals surface area contributed by atoms with Crippen LogP contribution in [0.4, 0.5) is 5.95 Å². The van der Waals surface area contributed by atoms with E-state index in [1.165, 1.54) is 28.8 Å². The van der Waals surface area contributed by atoms with Gasteiger partial charge in [0.25, 0.3) is 5.19 Å². The summed E-state index contributed by atoms with van der Waals surface area (Å²) in [5.41, 5.74) is 1.18. The summed E-state index contributed by atoms with van der Waals surface area (Å²) in [6.07, 6.45) is 9.08. The Hall–Kier alpha value is -1.61. The molecular weight excluding hydrogens is 368 g/mol. The minimum absolute atomic E-state index is 0.131. The van der Waals surface area contributed by atoms with E-state index in [0.29, 0.717) is 11.1 Å². The average molecular weight is 395 g/mol. The van der Waals surface area contributed by atoms with Gasteiger partial charge in [-0.3, -0.25) is 4.99 Å². The van der Waals surface area contributed by atoms with Gasteiger partial charge >= 0.3 is 0 Å². The fraction of sp³-hybridized carbons (Fsp3) is 0.647. The van der Waals surface area contributed by atoms with Gasteiger partial charge in [-0.25, -0.2) is 9.97 Å². The summed E-state index contributed by atoms with van der Waals surface area (Å²) < 4.78 is 7.91. The minimum atomic E-state index is 0.131. The molecule has 1 aliphatic heterocycles. The third kappa shape index (κ3) is 4.37. The second-order valence-corrected chi connectivity index (χ2v) is 7.95. The Bertz CT molecular complexity index is 764. The molecule has 0 aromatic carbocycles. The van der Waals surface area contributed by atoms with E-state index < -0.39 is 0 Å². The second kappa shape index (κ2) is 8.85. The van der Waals surface area contributed by atoms with E-state index in [1.807, 2.05) is 18.6 Å². The number of hydrogen-bond acceptors (Lipinski definition) is 8. The summed E-state index contributed by atoms with van der Waals surface area (Å²) in [6, 6.07) is 0. The van der Waals surface area contributed by atoms with Crippen molar-refractivity contribution >= 4 is 29.2 Å². The molecule has 0 spiro atoms. The van der Waals surface area contributed by atoms with Crippen molar-refractivity contribution in [3.8, 4) is 5.19 Å². The summed E-state index contributed by atoms with van der Waals surface area (Å²) in [4.78, 5) is 16.4. The van der Waals surface area contributed by atoms with Crippen LogP contribution in [-0.2, 0) is 6.42 Å². The number of nitrogens with zero attached hydrogens (tertiary/aromatic N) is 6. The number of aromatic nitrogens is 4. The lowest BCUT2D eigenvalue weighted by Gasteiger charge is -2.34. The molecule has 0 unspecified atom stereocenters. The molecule has 1 aliphatic rings. The van der Waals surface area contributed by atoms with Gasteiger partial charge in [0.2, 0.25) is 10.7 Å². The number of rotatable bonds is 6. The van der Waals surface area contributed by atoms with Crippen LogP contribution in [0.1, 0.15) is 32.3 Å². The molecule has 2 aromatic heterocycles. The van der Waals surface area contributed by atoms with Crippen molar-refractivity contribution in [1.82, 2.24) is 19.2 Å². The molecule has 9 heteroatoms. The van der Waals surface area contributed by atoms with E-state index in [4.69, 9.17) is 4.74 Å². The summed E-state index contributed by atoms with van der Waals surface area (Å²) in [5.74, 6) is 1.35. The summed E-state index contributed by atoms with van der Waals surface area (Å²) in [7, 11) is 1.78. The zero-order chi connectivity index (χ0) is 18.5. The summed E-state index contributed by atoms with van der Waals surface area (Å²) in [5, 5.41) is 5.15. The lowest BCUT2D eigenvalue weighted by Crippen LogP contribution is -2.39. The molecule has 0 saturated carbocycles. The number of hydrogen-bond donors (Lipinski definition) is 0. The van der Waals surface area contributed by atoms with E-state index in [1.54, 1.807) is 11.1 Å². The molecule has 3 rings (SSSR count). The van der Waals surface area contributed by atoms with Crippen LogP contribution in [0.2, 0.25) is 0 Å². The van der Waals surface area contributed by atoms with E-state index in [-0.39, 0.29) is 6.10 Å². The van der Waals surface area contributed by atoms with Crippen LogP contribution in [0.25, 0.3) is 0 Å². The smallest absolute Gasteiger partial charge is 0.295 e. The largest absolute Gasteiger partial charge is 0.466 e. The first-order valence-corrected chi connectivity index (χ1v) is 10.9. The minimum Gasteiger partial charge on any atom is -0.466 e. The fourth-order valence-corrected chi connectivity index (χ4v) is 4.54. The van der Waals surface area contributed by atoms with Crippen LogP contribution in [0.5, 0.6) is 5.19 Å². The number of anilines is 1. The Kier molecular flexibility index (Phi) is 6.53. The van der Waals surface area contributed by atoms with Gasteiger partial charge < -0.3 is 9.64 Å². The zero-order valence-electron chi connectivity index (χ0n) is 15.8. The predicted octanol–water partition coefficient (Wildman–Crippen LogP) is 2.64. The van der Waals surface area contributed by atoms with E-state index in [2.05, 4.69) is 38.8 Å². The van der Waals surface area contributed by atoms with Gasteiger partial charge in [-0.15, -0.1) is 5.10 Å². The zero-order valence-corrected chi connectivity index (χ0v) is 17.4. The first-order chi connectivity index (χ1) is 12.6. The van der Waals surface area contributed by atoms with E-state index >= 15 is 0 Å².